The average molecular weight is 430 g/mol. The van der Waals surface area contributed by atoms with Gasteiger partial charge in [-0.3, -0.25) is 9.59 Å². The number of anilines is 1. The standard InChI is InChI=1S/C20H17BrFN3O2/c21-15-5-3-14(4-6-15)20(27)23-10-9-19(26)24-18-13-16(7-8-17(18)22)25-11-1-2-12-25/h1-8,11-13H,9-10H2,(H,23,27)(H,24,26). The van der Waals surface area contributed by atoms with Crippen LogP contribution in [0.2, 0.25) is 0 Å². The molecule has 0 aliphatic heterocycles. The lowest BCUT2D eigenvalue weighted by Gasteiger charge is -2.10. The van der Waals surface area contributed by atoms with Crippen LogP contribution in [-0.4, -0.2) is 22.9 Å². The van der Waals surface area contributed by atoms with Crippen molar-refractivity contribution in [1.82, 2.24) is 9.88 Å². The molecule has 0 aliphatic rings. The second kappa shape index (κ2) is 8.64. The molecule has 5 nitrogen and oxygen atoms in total. The smallest absolute Gasteiger partial charge is 0.251 e. The fourth-order valence-electron chi connectivity index (χ4n) is 2.48. The van der Waals surface area contributed by atoms with Gasteiger partial charge in [0.15, 0.2) is 0 Å². The number of nitrogens with one attached hydrogen (secondary N) is 2. The molecule has 0 radical (unpaired) electrons. The number of benzene rings is 2. The molecule has 7 heteroatoms. The van der Waals surface area contributed by atoms with Crippen LogP contribution in [0.3, 0.4) is 0 Å². The van der Waals surface area contributed by atoms with E-state index in [2.05, 4.69) is 26.6 Å². The monoisotopic (exact) mass is 429 g/mol. The van der Waals surface area contributed by atoms with Gasteiger partial charge in [0.2, 0.25) is 5.91 Å². The van der Waals surface area contributed by atoms with Gasteiger partial charge in [-0.05, 0) is 54.6 Å². The summed E-state index contributed by atoms with van der Waals surface area (Å²) in [6.07, 6.45) is 3.70. The third-order valence-corrected chi connectivity index (χ3v) is 4.40. The molecule has 3 rings (SSSR count). The average Bonchev–Trinajstić information content (AvgIpc) is 3.19. The molecule has 2 amide bonds. The molecule has 0 aliphatic carbocycles. The number of halogens is 2. The van der Waals surface area contributed by atoms with Crippen LogP contribution in [-0.2, 0) is 4.79 Å². The van der Waals surface area contributed by atoms with E-state index in [1.54, 1.807) is 36.4 Å². The fraction of sp³-hybridized carbons (Fsp3) is 0.100. The summed E-state index contributed by atoms with van der Waals surface area (Å²) >= 11 is 3.30. The van der Waals surface area contributed by atoms with Crippen molar-refractivity contribution in [2.24, 2.45) is 0 Å². The molecule has 0 saturated carbocycles. The lowest BCUT2D eigenvalue weighted by atomic mass is 10.2. The van der Waals surface area contributed by atoms with Crippen molar-refractivity contribution in [3.05, 3.63) is 82.8 Å². The third kappa shape index (κ3) is 5.04. The number of carbonyl (C=O) groups excluding carboxylic acids is 2. The lowest BCUT2D eigenvalue weighted by Crippen LogP contribution is -2.27. The maximum atomic E-state index is 14.0. The molecule has 2 aromatic carbocycles. The van der Waals surface area contributed by atoms with E-state index in [-0.39, 0.29) is 30.5 Å². The van der Waals surface area contributed by atoms with Crippen LogP contribution in [0.15, 0.2) is 71.5 Å². The van der Waals surface area contributed by atoms with Crippen molar-refractivity contribution in [1.29, 1.82) is 0 Å². The fourth-order valence-corrected chi connectivity index (χ4v) is 2.75. The molecule has 27 heavy (non-hydrogen) atoms. The van der Waals surface area contributed by atoms with Crippen LogP contribution in [0, 0.1) is 5.82 Å². The first kappa shape index (κ1) is 18.8. The summed E-state index contributed by atoms with van der Waals surface area (Å²) in [4.78, 5) is 24.1. The van der Waals surface area contributed by atoms with E-state index in [1.165, 1.54) is 6.07 Å². The molecule has 0 unspecified atom stereocenters. The summed E-state index contributed by atoms with van der Waals surface area (Å²) in [5.74, 6) is -1.16. The summed E-state index contributed by atoms with van der Waals surface area (Å²) in [6, 6.07) is 15.1. The molecule has 3 aromatic rings. The van der Waals surface area contributed by atoms with Gasteiger partial charge in [-0.15, -0.1) is 0 Å². The van der Waals surface area contributed by atoms with Crippen LogP contribution in [0.1, 0.15) is 16.8 Å². The Labute approximate surface area is 164 Å². The van der Waals surface area contributed by atoms with Gasteiger partial charge in [0.1, 0.15) is 5.82 Å². The number of aromatic nitrogens is 1. The summed E-state index contributed by atoms with van der Waals surface area (Å²) in [7, 11) is 0. The third-order valence-electron chi connectivity index (χ3n) is 3.87. The largest absolute Gasteiger partial charge is 0.352 e. The second-order valence-corrected chi connectivity index (χ2v) is 6.73. The Morgan fingerprint density at radius 2 is 1.74 bits per heavy atom. The molecule has 138 valence electrons. The molecule has 1 aromatic heterocycles. The molecular formula is C20H17BrFN3O2. The number of rotatable bonds is 6. The predicted molar refractivity (Wildman–Crippen MR) is 105 cm³/mol. The Bertz CT molecular complexity index is 940. The van der Waals surface area contributed by atoms with Gasteiger partial charge in [0.05, 0.1) is 5.69 Å². The van der Waals surface area contributed by atoms with Gasteiger partial charge in [-0.1, -0.05) is 15.9 Å². The zero-order valence-electron chi connectivity index (χ0n) is 14.3. The molecule has 2 N–H and O–H groups in total. The van der Waals surface area contributed by atoms with E-state index >= 15 is 0 Å². The molecule has 0 saturated heterocycles. The van der Waals surface area contributed by atoms with Gasteiger partial charge >= 0.3 is 0 Å². The van der Waals surface area contributed by atoms with Crippen molar-refractivity contribution < 1.29 is 14.0 Å². The van der Waals surface area contributed by atoms with Crippen LogP contribution < -0.4 is 10.6 Å². The van der Waals surface area contributed by atoms with Crippen molar-refractivity contribution in [3.63, 3.8) is 0 Å². The Morgan fingerprint density at radius 1 is 1.04 bits per heavy atom. The normalized spacial score (nSPS) is 10.4. The first-order valence-corrected chi connectivity index (χ1v) is 9.09. The second-order valence-electron chi connectivity index (χ2n) is 5.82. The number of carbonyl (C=O) groups is 2. The zero-order valence-corrected chi connectivity index (χ0v) is 15.9. The van der Waals surface area contributed by atoms with Gasteiger partial charge in [0.25, 0.3) is 5.91 Å². The van der Waals surface area contributed by atoms with Crippen molar-refractivity contribution in [3.8, 4) is 5.69 Å². The topological polar surface area (TPSA) is 63.1 Å². The van der Waals surface area contributed by atoms with Crippen molar-refractivity contribution in [2.75, 3.05) is 11.9 Å². The Kier molecular flexibility index (Phi) is 6.03. The summed E-state index contributed by atoms with van der Waals surface area (Å²) < 4.78 is 16.7. The highest BCUT2D eigenvalue weighted by atomic mass is 79.9. The van der Waals surface area contributed by atoms with Crippen LogP contribution in [0.4, 0.5) is 10.1 Å². The van der Waals surface area contributed by atoms with E-state index in [0.29, 0.717) is 5.56 Å². The highest BCUT2D eigenvalue weighted by Gasteiger charge is 2.10. The number of amides is 2. The van der Waals surface area contributed by atoms with E-state index < -0.39 is 5.82 Å². The predicted octanol–water partition coefficient (Wildman–Crippen LogP) is 4.14. The summed E-state index contributed by atoms with van der Waals surface area (Å²) in [5, 5.41) is 5.22. The Balaban J connectivity index is 1.54. The zero-order chi connectivity index (χ0) is 19.2. The molecule has 0 fully saturated rings. The minimum Gasteiger partial charge on any atom is -0.352 e. The highest BCUT2D eigenvalue weighted by Crippen LogP contribution is 2.19. The van der Waals surface area contributed by atoms with Gasteiger partial charge in [-0.25, -0.2) is 4.39 Å². The minimum absolute atomic E-state index is 0.0372. The molecule has 1 heterocycles. The van der Waals surface area contributed by atoms with E-state index in [1.807, 2.05) is 29.1 Å². The van der Waals surface area contributed by atoms with E-state index in [9.17, 15) is 14.0 Å². The van der Waals surface area contributed by atoms with Crippen LogP contribution in [0.25, 0.3) is 5.69 Å². The Hall–Kier alpha value is -2.93. The first-order valence-electron chi connectivity index (χ1n) is 8.29. The van der Waals surface area contributed by atoms with Gasteiger partial charge in [-0.2, -0.15) is 0 Å². The molecule has 0 spiro atoms. The molecule has 0 bridgehead atoms. The maximum absolute atomic E-state index is 14.0. The molecule has 0 atom stereocenters. The van der Waals surface area contributed by atoms with Crippen LogP contribution in [0.5, 0.6) is 0 Å². The lowest BCUT2D eigenvalue weighted by molar-refractivity contribution is -0.116. The number of hydrogen-bond acceptors (Lipinski definition) is 2. The number of hydrogen-bond donors (Lipinski definition) is 2. The Morgan fingerprint density at radius 3 is 2.44 bits per heavy atom. The quantitative estimate of drug-likeness (QED) is 0.618. The molecular weight excluding hydrogens is 413 g/mol. The van der Waals surface area contributed by atoms with E-state index in [0.717, 1.165) is 10.2 Å². The highest BCUT2D eigenvalue weighted by molar-refractivity contribution is 9.10. The van der Waals surface area contributed by atoms with Crippen molar-refractivity contribution in [2.45, 2.75) is 6.42 Å². The van der Waals surface area contributed by atoms with Gasteiger partial charge in [0, 0.05) is 41.1 Å². The minimum atomic E-state index is -0.516. The van der Waals surface area contributed by atoms with Crippen LogP contribution >= 0.6 is 15.9 Å². The van der Waals surface area contributed by atoms with Crippen molar-refractivity contribution >= 4 is 33.4 Å². The SMILES string of the molecule is O=C(CCNC(=O)c1ccc(Br)cc1)Nc1cc(-n2cccc2)ccc1F. The van der Waals surface area contributed by atoms with Gasteiger partial charge < -0.3 is 15.2 Å². The number of nitrogens with zero attached hydrogens (tertiary/aromatic N) is 1. The first-order chi connectivity index (χ1) is 13.0. The summed E-state index contributed by atoms with van der Waals surface area (Å²) in [6.45, 7) is 0.152. The maximum Gasteiger partial charge on any atom is 0.251 e. The summed E-state index contributed by atoms with van der Waals surface area (Å²) in [5.41, 5.74) is 1.34. The van der Waals surface area contributed by atoms with E-state index in [4.69, 9.17) is 0 Å².